The van der Waals surface area contributed by atoms with Gasteiger partial charge in [-0.2, -0.15) is 0 Å². The monoisotopic (exact) mass is 487 g/mol. The van der Waals surface area contributed by atoms with Crippen LogP contribution >= 0.6 is 0 Å². The molecule has 0 unspecified atom stereocenters. The van der Waals surface area contributed by atoms with Crippen molar-refractivity contribution < 1.29 is 29.3 Å². The van der Waals surface area contributed by atoms with E-state index < -0.39 is 55.5 Å². The number of carbonyl (C=O) groups excluding carboxylic acids is 1. The molecule has 186 valence electrons. The zero-order valence-corrected chi connectivity index (χ0v) is 21.7. The first-order valence-electron chi connectivity index (χ1n) is 11.6. The van der Waals surface area contributed by atoms with Crippen LogP contribution in [0.3, 0.4) is 0 Å². The number of hydrogen-bond acceptors (Lipinski definition) is 6. The molecule has 1 amide bonds. The van der Waals surface area contributed by atoms with Gasteiger partial charge in [0.15, 0.2) is 0 Å². The average Bonchev–Trinajstić information content (AvgIpc) is 2.94. The lowest BCUT2D eigenvalue weighted by Crippen LogP contribution is -2.69. The SMILES string of the molecule is CC(C)(C)OC(=O)N[C@H]1[C@@H](O)[C@H](O)[C@H](O)[C@H]1O[Si](c1ccccc1)(c1ccccc1)C(C)(C)C. The van der Waals surface area contributed by atoms with Crippen LogP contribution in [0, 0.1) is 0 Å². The van der Waals surface area contributed by atoms with Gasteiger partial charge >= 0.3 is 6.09 Å². The van der Waals surface area contributed by atoms with E-state index in [1.54, 1.807) is 20.8 Å². The van der Waals surface area contributed by atoms with Crippen LogP contribution in [0.2, 0.25) is 5.04 Å². The number of amides is 1. The fourth-order valence-corrected chi connectivity index (χ4v) is 9.37. The lowest BCUT2D eigenvalue weighted by molar-refractivity contribution is -0.0383. The first-order valence-corrected chi connectivity index (χ1v) is 13.5. The lowest BCUT2D eigenvalue weighted by atomic mass is 10.2. The summed E-state index contributed by atoms with van der Waals surface area (Å²) in [5.41, 5.74) is -0.751. The summed E-state index contributed by atoms with van der Waals surface area (Å²) in [6.45, 7) is 11.5. The minimum Gasteiger partial charge on any atom is -0.444 e. The zero-order valence-electron chi connectivity index (χ0n) is 20.7. The van der Waals surface area contributed by atoms with Crippen molar-refractivity contribution in [2.24, 2.45) is 0 Å². The van der Waals surface area contributed by atoms with Crippen LogP contribution in [0.15, 0.2) is 60.7 Å². The van der Waals surface area contributed by atoms with Gasteiger partial charge in [0.25, 0.3) is 8.32 Å². The van der Waals surface area contributed by atoms with E-state index in [0.717, 1.165) is 10.4 Å². The van der Waals surface area contributed by atoms with E-state index in [1.165, 1.54) is 0 Å². The highest BCUT2D eigenvalue weighted by atomic mass is 28.4. The number of rotatable bonds is 5. The largest absolute Gasteiger partial charge is 0.444 e. The molecule has 0 aliphatic heterocycles. The number of alkyl carbamates (subject to hydrolysis) is 1. The molecule has 1 fully saturated rings. The molecule has 1 aliphatic carbocycles. The summed E-state index contributed by atoms with van der Waals surface area (Å²) in [5.74, 6) is 0. The maximum atomic E-state index is 12.6. The number of aliphatic hydroxyl groups is 3. The molecular weight excluding hydrogens is 450 g/mol. The molecule has 1 aliphatic rings. The first-order chi connectivity index (χ1) is 15.8. The molecule has 0 radical (unpaired) electrons. The van der Waals surface area contributed by atoms with Crippen LogP contribution < -0.4 is 15.7 Å². The van der Waals surface area contributed by atoms with Gasteiger partial charge in [0.05, 0.1) is 12.1 Å². The minimum absolute atomic E-state index is 0.398. The Kier molecular flexibility index (Phi) is 7.59. The van der Waals surface area contributed by atoms with Crippen LogP contribution in [-0.2, 0) is 9.16 Å². The van der Waals surface area contributed by atoms with Gasteiger partial charge in [-0.05, 0) is 36.2 Å². The Morgan fingerprint density at radius 1 is 0.794 bits per heavy atom. The average molecular weight is 488 g/mol. The third kappa shape index (κ3) is 5.21. The smallest absolute Gasteiger partial charge is 0.408 e. The molecule has 0 spiro atoms. The van der Waals surface area contributed by atoms with E-state index in [2.05, 4.69) is 26.1 Å². The van der Waals surface area contributed by atoms with Crippen LogP contribution in [0.5, 0.6) is 0 Å². The molecule has 2 aromatic carbocycles. The molecule has 3 rings (SSSR count). The number of benzene rings is 2. The third-order valence-electron chi connectivity index (χ3n) is 6.17. The Bertz CT molecular complexity index is 917. The van der Waals surface area contributed by atoms with E-state index in [-0.39, 0.29) is 0 Å². The summed E-state index contributed by atoms with van der Waals surface area (Å²) in [5, 5.41) is 36.4. The van der Waals surface area contributed by atoms with Crippen molar-refractivity contribution in [1.29, 1.82) is 0 Å². The van der Waals surface area contributed by atoms with E-state index in [1.807, 2.05) is 60.7 Å². The van der Waals surface area contributed by atoms with Gasteiger partial charge in [-0.3, -0.25) is 0 Å². The van der Waals surface area contributed by atoms with E-state index in [9.17, 15) is 20.1 Å². The Balaban J connectivity index is 2.11. The van der Waals surface area contributed by atoms with Crippen molar-refractivity contribution in [2.75, 3.05) is 0 Å². The van der Waals surface area contributed by atoms with Gasteiger partial charge in [-0.15, -0.1) is 0 Å². The molecule has 1 saturated carbocycles. The summed E-state index contributed by atoms with van der Waals surface area (Å²) in [6, 6.07) is 18.6. The molecule has 0 bridgehead atoms. The van der Waals surface area contributed by atoms with Gasteiger partial charge in [0, 0.05) is 0 Å². The van der Waals surface area contributed by atoms with Crippen LogP contribution in [-0.4, -0.2) is 65.8 Å². The Morgan fingerprint density at radius 3 is 1.68 bits per heavy atom. The zero-order chi connectivity index (χ0) is 25.3. The predicted molar refractivity (Wildman–Crippen MR) is 134 cm³/mol. The summed E-state index contributed by atoms with van der Waals surface area (Å²) in [4.78, 5) is 12.6. The highest BCUT2D eigenvalue weighted by Gasteiger charge is 2.58. The third-order valence-corrected chi connectivity index (χ3v) is 11.2. The van der Waals surface area contributed by atoms with Gasteiger partial charge < -0.3 is 29.8 Å². The second kappa shape index (κ2) is 9.79. The number of aliphatic hydroxyl groups excluding tert-OH is 3. The minimum atomic E-state index is -3.13. The number of hydrogen-bond donors (Lipinski definition) is 4. The Hall–Kier alpha value is -2.23. The highest BCUT2D eigenvalue weighted by molar-refractivity contribution is 6.99. The summed E-state index contributed by atoms with van der Waals surface area (Å²) in [6.07, 6.45) is -6.14. The summed E-state index contributed by atoms with van der Waals surface area (Å²) < 4.78 is 12.3. The summed E-state index contributed by atoms with van der Waals surface area (Å²) in [7, 11) is -3.13. The molecule has 8 heteroatoms. The molecule has 4 N–H and O–H groups in total. The molecule has 0 aromatic heterocycles. The van der Waals surface area contributed by atoms with E-state index in [0.29, 0.717) is 0 Å². The number of carbonyl (C=O) groups is 1. The lowest BCUT2D eigenvalue weighted by Gasteiger charge is -2.46. The normalized spacial score (nSPS) is 25.7. The first kappa shape index (κ1) is 26.4. The second-order valence-corrected chi connectivity index (χ2v) is 15.1. The van der Waals surface area contributed by atoms with E-state index >= 15 is 0 Å². The molecule has 0 saturated heterocycles. The molecule has 7 nitrogen and oxygen atoms in total. The fourth-order valence-electron chi connectivity index (χ4n) is 4.67. The fraction of sp³-hybridized carbons (Fsp3) is 0.500. The quantitative estimate of drug-likeness (QED) is 0.480. The number of nitrogens with one attached hydrogen (secondary N) is 1. The van der Waals surface area contributed by atoms with Crippen molar-refractivity contribution in [3.63, 3.8) is 0 Å². The molecule has 34 heavy (non-hydrogen) atoms. The van der Waals surface area contributed by atoms with E-state index in [4.69, 9.17) is 9.16 Å². The van der Waals surface area contributed by atoms with Crippen molar-refractivity contribution in [3.05, 3.63) is 60.7 Å². The highest BCUT2D eigenvalue weighted by Crippen LogP contribution is 2.40. The van der Waals surface area contributed by atoms with Crippen molar-refractivity contribution in [2.45, 2.75) is 82.6 Å². The molecular formula is C26H37NO6Si. The predicted octanol–water partition coefficient (Wildman–Crippen LogP) is 1.92. The molecule has 2 aromatic rings. The maximum absolute atomic E-state index is 12.6. The molecule has 5 atom stereocenters. The Labute approximate surface area is 202 Å². The summed E-state index contributed by atoms with van der Waals surface area (Å²) >= 11 is 0. The van der Waals surface area contributed by atoms with Crippen LogP contribution in [0.25, 0.3) is 0 Å². The van der Waals surface area contributed by atoms with Crippen molar-refractivity contribution >= 4 is 24.8 Å². The van der Waals surface area contributed by atoms with Gasteiger partial charge in [-0.1, -0.05) is 81.4 Å². The van der Waals surface area contributed by atoms with Gasteiger partial charge in [-0.25, -0.2) is 4.79 Å². The van der Waals surface area contributed by atoms with Crippen LogP contribution in [0.4, 0.5) is 4.79 Å². The topological polar surface area (TPSA) is 108 Å². The standard InChI is InChI=1S/C26H37NO6Si/c1-25(2,3)32-24(31)27-19-20(28)21(29)22(30)23(19)33-34(26(4,5)6,17-13-9-7-10-14-17)18-15-11-8-12-16-18/h7-16,19-23,28-30H,1-6H3,(H,27,31)/t19-,20+,21-,22-,23-/m0/s1. The van der Waals surface area contributed by atoms with Gasteiger partial charge in [0.1, 0.15) is 23.9 Å². The maximum Gasteiger partial charge on any atom is 0.408 e. The van der Waals surface area contributed by atoms with Crippen molar-refractivity contribution in [3.8, 4) is 0 Å². The number of ether oxygens (including phenoxy) is 1. The van der Waals surface area contributed by atoms with Crippen molar-refractivity contribution in [1.82, 2.24) is 5.32 Å². The second-order valence-electron chi connectivity index (χ2n) is 10.9. The molecule has 0 heterocycles. The Morgan fingerprint density at radius 2 is 1.26 bits per heavy atom. The van der Waals surface area contributed by atoms with Crippen LogP contribution in [0.1, 0.15) is 41.5 Å². The van der Waals surface area contributed by atoms with Gasteiger partial charge in [0.2, 0.25) is 0 Å².